The highest BCUT2D eigenvalue weighted by molar-refractivity contribution is 9.10. The van der Waals surface area contributed by atoms with Crippen LogP contribution in [0, 0.1) is 5.92 Å². The lowest BCUT2D eigenvalue weighted by atomic mass is 9.83. The smallest absolute Gasteiger partial charge is 0.0861 e. The summed E-state index contributed by atoms with van der Waals surface area (Å²) in [6, 6.07) is 16.2. The summed E-state index contributed by atoms with van der Waals surface area (Å²) in [6.07, 6.45) is 4.65. The first kappa shape index (κ1) is 12.6. The number of halogens is 1. The second kappa shape index (κ2) is 5.32. The Morgan fingerprint density at radius 2 is 1.74 bits per heavy atom. The van der Waals surface area contributed by atoms with Crippen molar-refractivity contribution in [1.82, 2.24) is 0 Å². The van der Waals surface area contributed by atoms with Crippen LogP contribution in [0.1, 0.15) is 22.8 Å². The molecule has 0 aliphatic heterocycles. The van der Waals surface area contributed by atoms with Crippen LogP contribution in [0.4, 0.5) is 0 Å². The third kappa shape index (κ3) is 2.51. The van der Waals surface area contributed by atoms with E-state index < -0.39 is 6.10 Å². The quantitative estimate of drug-likeness (QED) is 0.872. The van der Waals surface area contributed by atoms with Crippen LogP contribution in [0.3, 0.4) is 0 Å². The van der Waals surface area contributed by atoms with Gasteiger partial charge in [0.2, 0.25) is 0 Å². The molecular formula is C17H15BrO. The summed E-state index contributed by atoms with van der Waals surface area (Å²) in [4.78, 5) is 0. The van der Waals surface area contributed by atoms with E-state index in [0.717, 1.165) is 22.0 Å². The summed E-state index contributed by atoms with van der Waals surface area (Å²) < 4.78 is 1.11. The van der Waals surface area contributed by atoms with Gasteiger partial charge in [-0.15, -0.1) is 0 Å². The van der Waals surface area contributed by atoms with Crippen molar-refractivity contribution in [2.24, 2.45) is 5.92 Å². The van der Waals surface area contributed by atoms with Crippen LogP contribution < -0.4 is 0 Å². The number of aliphatic hydroxyl groups excluding tert-OH is 1. The summed E-state index contributed by atoms with van der Waals surface area (Å²) >= 11 is 3.57. The Morgan fingerprint density at radius 3 is 2.58 bits per heavy atom. The Hall–Kier alpha value is -1.38. The van der Waals surface area contributed by atoms with Crippen LogP contribution in [0.25, 0.3) is 6.08 Å². The van der Waals surface area contributed by atoms with Gasteiger partial charge < -0.3 is 5.11 Å². The molecule has 2 heteroatoms. The summed E-state index contributed by atoms with van der Waals surface area (Å²) in [5.74, 6) is 0.133. The first-order valence-electron chi connectivity index (χ1n) is 6.44. The van der Waals surface area contributed by atoms with Gasteiger partial charge in [-0.25, -0.2) is 0 Å². The molecule has 0 aromatic heterocycles. The zero-order valence-electron chi connectivity index (χ0n) is 10.5. The van der Waals surface area contributed by atoms with E-state index in [9.17, 15) is 5.11 Å². The molecule has 0 unspecified atom stereocenters. The lowest BCUT2D eigenvalue weighted by Gasteiger charge is -2.26. The number of hydrogen-bond donors (Lipinski definition) is 1. The minimum atomic E-state index is -0.423. The van der Waals surface area contributed by atoms with E-state index in [-0.39, 0.29) is 5.92 Å². The molecule has 0 bridgehead atoms. The molecule has 19 heavy (non-hydrogen) atoms. The second-order valence-corrected chi connectivity index (χ2v) is 5.75. The van der Waals surface area contributed by atoms with Crippen molar-refractivity contribution in [3.05, 3.63) is 75.8 Å². The maximum atomic E-state index is 10.5. The highest BCUT2D eigenvalue weighted by atomic mass is 79.9. The van der Waals surface area contributed by atoms with Gasteiger partial charge in [-0.1, -0.05) is 70.5 Å². The molecule has 96 valence electrons. The topological polar surface area (TPSA) is 20.2 Å². The fourth-order valence-electron chi connectivity index (χ4n) is 2.59. The van der Waals surface area contributed by atoms with Crippen molar-refractivity contribution >= 4 is 22.0 Å². The van der Waals surface area contributed by atoms with E-state index in [1.165, 1.54) is 5.56 Å². The normalized spacial score (nSPS) is 21.2. The number of rotatable bonds is 2. The second-order valence-electron chi connectivity index (χ2n) is 4.89. The summed E-state index contributed by atoms with van der Waals surface area (Å²) in [7, 11) is 0. The Kier molecular flexibility index (Phi) is 3.54. The molecule has 1 nitrogen and oxygen atoms in total. The van der Waals surface area contributed by atoms with Crippen LogP contribution in [0.2, 0.25) is 0 Å². The summed E-state index contributed by atoms with van der Waals surface area (Å²) in [6.45, 7) is 0. The van der Waals surface area contributed by atoms with E-state index in [1.54, 1.807) is 0 Å². The van der Waals surface area contributed by atoms with Crippen molar-refractivity contribution in [2.45, 2.75) is 12.5 Å². The molecule has 0 radical (unpaired) electrons. The van der Waals surface area contributed by atoms with E-state index in [4.69, 9.17) is 0 Å². The van der Waals surface area contributed by atoms with Crippen LogP contribution >= 0.6 is 15.9 Å². The monoisotopic (exact) mass is 314 g/mol. The molecule has 0 saturated heterocycles. The van der Waals surface area contributed by atoms with Gasteiger partial charge in [0.1, 0.15) is 0 Å². The number of hydrogen-bond acceptors (Lipinski definition) is 1. The first-order chi connectivity index (χ1) is 9.25. The van der Waals surface area contributed by atoms with Crippen molar-refractivity contribution < 1.29 is 5.11 Å². The molecule has 2 aromatic rings. The first-order valence-corrected chi connectivity index (χ1v) is 7.23. The van der Waals surface area contributed by atoms with Gasteiger partial charge in [-0.3, -0.25) is 0 Å². The Labute approximate surface area is 121 Å². The Bertz CT molecular complexity index is 618. The van der Waals surface area contributed by atoms with Gasteiger partial charge >= 0.3 is 0 Å². The Morgan fingerprint density at radius 1 is 1.00 bits per heavy atom. The van der Waals surface area contributed by atoms with Crippen LogP contribution in [0.15, 0.2) is 59.1 Å². The van der Waals surface area contributed by atoms with E-state index in [0.29, 0.717) is 0 Å². The van der Waals surface area contributed by atoms with Crippen LogP contribution in [-0.2, 0) is 6.42 Å². The van der Waals surface area contributed by atoms with Crippen molar-refractivity contribution in [2.75, 3.05) is 0 Å². The standard InChI is InChI=1S/C17H15BrO/c18-16-8-4-2-6-13(16)11-14-10-9-12-5-1-3-7-15(12)17(14)19/h1-10,14,17,19H,11H2/t14-,17+/m1/s1. The summed E-state index contributed by atoms with van der Waals surface area (Å²) in [5, 5.41) is 10.5. The Balaban J connectivity index is 1.87. The highest BCUT2D eigenvalue weighted by Gasteiger charge is 2.24. The van der Waals surface area contributed by atoms with Crippen LogP contribution in [0.5, 0.6) is 0 Å². The molecule has 0 fully saturated rings. The lowest BCUT2D eigenvalue weighted by Crippen LogP contribution is -2.17. The van der Waals surface area contributed by atoms with Crippen molar-refractivity contribution in [3.8, 4) is 0 Å². The van der Waals surface area contributed by atoms with E-state index in [2.05, 4.69) is 34.1 Å². The molecule has 0 spiro atoms. The lowest BCUT2D eigenvalue weighted by molar-refractivity contribution is 0.129. The average Bonchev–Trinajstić information content (AvgIpc) is 2.44. The maximum Gasteiger partial charge on any atom is 0.0861 e. The molecule has 1 N–H and O–H groups in total. The minimum absolute atomic E-state index is 0.133. The maximum absolute atomic E-state index is 10.5. The van der Waals surface area contributed by atoms with Crippen LogP contribution in [-0.4, -0.2) is 5.11 Å². The average molecular weight is 315 g/mol. The number of fused-ring (bicyclic) bond motifs is 1. The van der Waals surface area contributed by atoms with Gasteiger partial charge in [0, 0.05) is 10.4 Å². The summed E-state index contributed by atoms with van der Waals surface area (Å²) in [5.41, 5.74) is 3.39. The third-order valence-electron chi connectivity index (χ3n) is 3.66. The van der Waals surface area contributed by atoms with Gasteiger partial charge in [0.15, 0.2) is 0 Å². The molecule has 2 aromatic carbocycles. The highest BCUT2D eigenvalue weighted by Crippen LogP contribution is 2.35. The predicted molar refractivity (Wildman–Crippen MR) is 81.8 cm³/mol. The molecule has 0 amide bonds. The molecule has 1 aliphatic carbocycles. The van der Waals surface area contributed by atoms with Gasteiger partial charge in [-0.05, 0) is 29.2 Å². The third-order valence-corrected chi connectivity index (χ3v) is 4.43. The van der Waals surface area contributed by atoms with Crippen molar-refractivity contribution in [3.63, 3.8) is 0 Å². The van der Waals surface area contributed by atoms with E-state index >= 15 is 0 Å². The fraction of sp³-hybridized carbons (Fsp3) is 0.176. The van der Waals surface area contributed by atoms with Gasteiger partial charge in [-0.2, -0.15) is 0 Å². The molecule has 2 atom stereocenters. The molecular weight excluding hydrogens is 300 g/mol. The van der Waals surface area contributed by atoms with Crippen molar-refractivity contribution in [1.29, 1.82) is 0 Å². The zero-order chi connectivity index (χ0) is 13.2. The zero-order valence-corrected chi connectivity index (χ0v) is 12.0. The molecule has 3 rings (SSSR count). The molecule has 0 saturated carbocycles. The van der Waals surface area contributed by atoms with E-state index in [1.807, 2.05) is 42.5 Å². The molecule has 0 heterocycles. The van der Waals surface area contributed by atoms with Gasteiger partial charge in [0.25, 0.3) is 0 Å². The predicted octanol–water partition coefficient (Wildman–Crippen LogP) is 4.37. The minimum Gasteiger partial charge on any atom is -0.388 e. The SMILES string of the molecule is O[C@@H]1c2ccccc2C=C[C@@H]1Cc1ccccc1Br. The number of aliphatic hydroxyl groups is 1. The molecule has 1 aliphatic rings. The van der Waals surface area contributed by atoms with Gasteiger partial charge in [0.05, 0.1) is 6.10 Å². The fourth-order valence-corrected chi connectivity index (χ4v) is 3.04. The number of benzene rings is 2. The largest absolute Gasteiger partial charge is 0.388 e.